The largest absolute Gasteiger partial charge is 0.418 e. The molecule has 1 spiro atoms. The topological polar surface area (TPSA) is 55.8 Å². The summed E-state index contributed by atoms with van der Waals surface area (Å²) in [4.78, 5) is 29.0. The fraction of sp³-hybridized carbons (Fsp3) is 0.370. The molecule has 1 aromatic carbocycles. The van der Waals surface area contributed by atoms with Gasteiger partial charge in [0.05, 0.1) is 16.8 Å². The van der Waals surface area contributed by atoms with Gasteiger partial charge < -0.3 is 0 Å². The summed E-state index contributed by atoms with van der Waals surface area (Å²) in [5, 5.41) is 0. The lowest BCUT2D eigenvalue weighted by molar-refractivity contribution is -0.136. The molecule has 0 radical (unpaired) electrons. The van der Waals surface area contributed by atoms with Gasteiger partial charge in [0.1, 0.15) is 0 Å². The van der Waals surface area contributed by atoms with E-state index in [-0.39, 0.29) is 22.4 Å². The summed E-state index contributed by atoms with van der Waals surface area (Å²) in [5.41, 5.74) is 1.04. The molecule has 2 aliphatic carbocycles. The van der Waals surface area contributed by atoms with Crippen molar-refractivity contribution in [2.75, 3.05) is 6.54 Å². The standard InChI is InChI=1S/C27H24F3N3O2/c1-17-5-8-31-11-22(17)26(15-25(16-26)6-7-25)19-3-2-4-20(10-19)32-13-23-21(27(28,29)30)9-18(14-34)12-33(23)24(32)35/h2-5,8-10,12-14,22H,6-7,11,15-16H2,1H3/t22-/m0/s1. The summed E-state index contributed by atoms with van der Waals surface area (Å²) in [6, 6.07) is 8.39. The maximum atomic E-state index is 13.7. The minimum Gasteiger partial charge on any atom is -0.298 e. The molecule has 0 saturated heterocycles. The molecular formula is C27H24F3N3O2. The maximum absolute atomic E-state index is 13.7. The van der Waals surface area contributed by atoms with Gasteiger partial charge >= 0.3 is 11.9 Å². The number of aromatic nitrogens is 2. The van der Waals surface area contributed by atoms with E-state index in [2.05, 4.69) is 24.1 Å². The molecule has 3 heterocycles. The number of allylic oxidation sites excluding steroid dienone is 1. The molecule has 1 aliphatic heterocycles. The monoisotopic (exact) mass is 479 g/mol. The van der Waals surface area contributed by atoms with Crippen molar-refractivity contribution < 1.29 is 18.0 Å². The van der Waals surface area contributed by atoms with Crippen LogP contribution in [-0.2, 0) is 11.6 Å². The van der Waals surface area contributed by atoms with Gasteiger partial charge in [0, 0.05) is 42.0 Å². The molecule has 8 heteroatoms. The summed E-state index contributed by atoms with van der Waals surface area (Å²) < 4.78 is 43.3. The zero-order chi connectivity index (χ0) is 24.6. The average molecular weight is 480 g/mol. The van der Waals surface area contributed by atoms with Gasteiger partial charge in [0.25, 0.3) is 0 Å². The van der Waals surface area contributed by atoms with E-state index in [4.69, 9.17) is 0 Å². The quantitative estimate of drug-likeness (QED) is 0.472. The van der Waals surface area contributed by atoms with Crippen molar-refractivity contribution in [3.8, 4) is 5.69 Å². The number of carbonyl (C=O) groups excluding carboxylic acids is 1. The fourth-order valence-corrected chi connectivity index (χ4v) is 6.33. The zero-order valence-electron chi connectivity index (χ0n) is 19.2. The summed E-state index contributed by atoms with van der Waals surface area (Å²) in [7, 11) is 0. The highest BCUT2D eigenvalue weighted by Gasteiger charge is 2.64. The van der Waals surface area contributed by atoms with Crippen molar-refractivity contribution in [2.45, 2.75) is 44.2 Å². The average Bonchev–Trinajstić information content (AvgIpc) is 3.54. The number of alkyl halides is 3. The molecule has 0 N–H and O–H groups in total. The molecule has 2 aromatic heterocycles. The van der Waals surface area contributed by atoms with E-state index >= 15 is 0 Å². The fourth-order valence-electron chi connectivity index (χ4n) is 6.33. The molecule has 5 nitrogen and oxygen atoms in total. The van der Waals surface area contributed by atoms with Gasteiger partial charge in [-0.3, -0.25) is 18.8 Å². The van der Waals surface area contributed by atoms with Crippen molar-refractivity contribution in [1.29, 1.82) is 0 Å². The third kappa shape index (κ3) is 3.33. The SMILES string of the molecule is CC1=CC=NC[C@@H]1C1(c2cccc(-n3cc4c(C(F)(F)F)cc(C=O)cn4c3=O)c2)CC2(CC2)C1. The van der Waals surface area contributed by atoms with Crippen molar-refractivity contribution in [3.63, 3.8) is 0 Å². The summed E-state index contributed by atoms with van der Waals surface area (Å²) in [5.74, 6) is 0.255. The van der Waals surface area contributed by atoms with E-state index in [1.807, 2.05) is 18.3 Å². The first-order chi connectivity index (χ1) is 16.7. The number of imidazole rings is 1. The highest BCUT2D eigenvalue weighted by molar-refractivity contribution is 5.77. The number of carbonyl (C=O) groups is 1. The molecule has 0 unspecified atom stereocenters. The number of pyridine rings is 1. The van der Waals surface area contributed by atoms with Gasteiger partial charge in [0.15, 0.2) is 6.29 Å². The second-order valence-electron chi connectivity index (χ2n) is 10.4. The molecular weight excluding hydrogens is 455 g/mol. The number of dihydropyridines is 1. The van der Waals surface area contributed by atoms with E-state index in [0.717, 1.165) is 35.1 Å². The third-order valence-corrected chi connectivity index (χ3v) is 8.21. The van der Waals surface area contributed by atoms with Crippen LogP contribution in [0.25, 0.3) is 11.2 Å². The van der Waals surface area contributed by atoms with Crippen molar-refractivity contribution in [2.24, 2.45) is 16.3 Å². The van der Waals surface area contributed by atoms with Gasteiger partial charge in [-0.05, 0) is 67.9 Å². The van der Waals surface area contributed by atoms with E-state index in [0.29, 0.717) is 23.9 Å². The molecule has 180 valence electrons. The van der Waals surface area contributed by atoms with E-state index in [1.165, 1.54) is 29.2 Å². The van der Waals surface area contributed by atoms with Crippen molar-refractivity contribution >= 4 is 18.0 Å². The number of nitrogens with zero attached hydrogens (tertiary/aromatic N) is 3. The highest BCUT2D eigenvalue weighted by atomic mass is 19.4. The third-order valence-electron chi connectivity index (χ3n) is 8.21. The van der Waals surface area contributed by atoms with Crippen LogP contribution in [0.5, 0.6) is 0 Å². The second kappa shape index (κ2) is 7.29. The Morgan fingerprint density at radius 2 is 1.91 bits per heavy atom. The Kier molecular flexibility index (Phi) is 4.60. The number of halogens is 3. The van der Waals surface area contributed by atoms with Crippen molar-refractivity contribution in [3.05, 3.63) is 81.5 Å². The zero-order valence-corrected chi connectivity index (χ0v) is 19.2. The lowest BCUT2D eigenvalue weighted by Gasteiger charge is -2.54. The Bertz CT molecular complexity index is 1480. The molecule has 2 saturated carbocycles. The van der Waals surface area contributed by atoms with Crippen LogP contribution in [0.2, 0.25) is 0 Å². The lowest BCUT2D eigenvalue weighted by Crippen LogP contribution is -2.50. The molecule has 3 aliphatic rings. The van der Waals surface area contributed by atoms with Crippen LogP contribution >= 0.6 is 0 Å². The second-order valence-corrected chi connectivity index (χ2v) is 10.4. The predicted octanol–water partition coefficient (Wildman–Crippen LogP) is 5.38. The number of fused-ring (bicyclic) bond motifs is 1. The summed E-state index contributed by atoms with van der Waals surface area (Å²) >= 11 is 0. The Balaban J connectivity index is 1.49. The first-order valence-electron chi connectivity index (χ1n) is 11.7. The van der Waals surface area contributed by atoms with Crippen LogP contribution in [-0.4, -0.2) is 28.0 Å². The van der Waals surface area contributed by atoms with Gasteiger partial charge in [-0.25, -0.2) is 4.79 Å². The van der Waals surface area contributed by atoms with Crippen LogP contribution in [0.4, 0.5) is 13.2 Å². The van der Waals surface area contributed by atoms with Gasteiger partial charge in [-0.2, -0.15) is 13.2 Å². The smallest absolute Gasteiger partial charge is 0.298 e. The molecule has 35 heavy (non-hydrogen) atoms. The number of rotatable bonds is 4. The van der Waals surface area contributed by atoms with E-state index in [1.54, 1.807) is 6.07 Å². The Morgan fingerprint density at radius 1 is 1.14 bits per heavy atom. The normalized spacial score (nSPS) is 22.2. The number of hydrogen-bond acceptors (Lipinski definition) is 3. The van der Waals surface area contributed by atoms with Gasteiger partial charge in [-0.1, -0.05) is 17.7 Å². The van der Waals surface area contributed by atoms with Crippen LogP contribution in [0.3, 0.4) is 0 Å². The first kappa shape index (κ1) is 22.1. The van der Waals surface area contributed by atoms with Gasteiger partial charge in [0.2, 0.25) is 0 Å². The molecule has 2 fully saturated rings. The minimum absolute atomic E-state index is 0.102. The maximum Gasteiger partial charge on any atom is 0.418 e. The van der Waals surface area contributed by atoms with Crippen LogP contribution in [0, 0.1) is 11.3 Å². The van der Waals surface area contributed by atoms with Crippen LogP contribution < -0.4 is 5.69 Å². The molecule has 0 bridgehead atoms. The summed E-state index contributed by atoms with van der Waals surface area (Å²) in [6.07, 6.45) is 6.47. The van der Waals surface area contributed by atoms with Gasteiger partial charge in [-0.15, -0.1) is 0 Å². The number of aldehydes is 1. The molecule has 1 atom stereocenters. The number of aliphatic imine (C=N–C) groups is 1. The molecule has 0 amide bonds. The van der Waals surface area contributed by atoms with Crippen LogP contribution in [0.1, 0.15) is 54.1 Å². The molecule has 6 rings (SSSR count). The predicted molar refractivity (Wildman–Crippen MR) is 127 cm³/mol. The highest BCUT2D eigenvalue weighted by Crippen LogP contribution is 2.71. The number of hydrogen-bond donors (Lipinski definition) is 0. The van der Waals surface area contributed by atoms with Crippen molar-refractivity contribution in [1.82, 2.24) is 8.97 Å². The molecule has 3 aromatic rings. The summed E-state index contributed by atoms with van der Waals surface area (Å²) in [6.45, 7) is 2.84. The minimum atomic E-state index is -4.70. The Hall–Kier alpha value is -3.42. The van der Waals surface area contributed by atoms with E-state index in [9.17, 15) is 22.8 Å². The lowest BCUT2D eigenvalue weighted by atomic mass is 9.50. The first-order valence-corrected chi connectivity index (χ1v) is 11.7. The Morgan fingerprint density at radius 3 is 2.57 bits per heavy atom. The van der Waals surface area contributed by atoms with E-state index < -0.39 is 17.4 Å². The number of benzene rings is 1. The Labute approximate surface area is 199 Å². The van der Waals surface area contributed by atoms with Crippen LogP contribution in [0.15, 0.2) is 64.2 Å².